The van der Waals surface area contributed by atoms with Crippen molar-refractivity contribution in [2.24, 2.45) is 0 Å². The Labute approximate surface area is 191 Å². The minimum Gasteiger partial charge on any atom is -0.465 e. The van der Waals surface area contributed by atoms with E-state index >= 15 is 0 Å². The highest BCUT2D eigenvalue weighted by Crippen LogP contribution is 2.34. The second-order valence-corrected chi connectivity index (χ2v) is 8.12. The Morgan fingerprint density at radius 3 is 2.00 bits per heavy atom. The van der Waals surface area contributed by atoms with Crippen molar-refractivity contribution in [2.75, 3.05) is 7.11 Å². The van der Waals surface area contributed by atoms with Gasteiger partial charge in [0.05, 0.1) is 12.7 Å². The van der Waals surface area contributed by atoms with Crippen LogP contribution in [0.1, 0.15) is 87.1 Å². The van der Waals surface area contributed by atoms with Crippen LogP contribution in [-0.4, -0.2) is 24.3 Å². The highest BCUT2D eigenvalue weighted by atomic mass is 16.7. The number of rotatable bonds is 14. The number of carbonyl (C=O) groups is 2. The minimum absolute atomic E-state index is 0.325. The molecule has 0 fully saturated rings. The van der Waals surface area contributed by atoms with Crippen LogP contribution >= 0.6 is 0 Å². The highest BCUT2D eigenvalue weighted by molar-refractivity contribution is 5.98. The van der Waals surface area contributed by atoms with E-state index in [1.165, 1.54) is 58.5 Å². The maximum absolute atomic E-state index is 12.3. The zero-order valence-electron chi connectivity index (χ0n) is 19.4. The summed E-state index contributed by atoms with van der Waals surface area (Å²) in [7, 11) is 1.35. The largest absolute Gasteiger partial charge is 0.511 e. The fourth-order valence-electron chi connectivity index (χ4n) is 4.06. The van der Waals surface area contributed by atoms with Crippen molar-refractivity contribution in [2.45, 2.75) is 77.6 Å². The Balaban J connectivity index is 2.08. The van der Waals surface area contributed by atoms with Gasteiger partial charge in [-0.2, -0.15) is 0 Å². The number of ether oxygens (including phenoxy) is 2. The summed E-state index contributed by atoms with van der Waals surface area (Å²) in [6.45, 7) is 2.24. The lowest BCUT2D eigenvalue weighted by Crippen LogP contribution is -2.08. The Bertz CT molecular complexity index is 859. The van der Waals surface area contributed by atoms with Gasteiger partial charge in [0, 0.05) is 5.56 Å². The molecule has 5 heteroatoms. The standard InChI is InChI=1S/C27H36O5/c1-3-4-5-6-7-8-9-10-11-12-17-23-21(19-15-20-25(23)32-27(29)30)22-16-13-14-18-24(22)26(28)31-2/h13-16,18-20H,3-12,17H2,1-2H3,(H,29,30). The molecule has 0 aliphatic rings. The zero-order chi connectivity index (χ0) is 23.2. The van der Waals surface area contributed by atoms with E-state index in [0.29, 0.717) is 17.7 Å². The van der Waals surface area contributed by atoms with Gasteiger partial charge in [-0.25, -0.2) is 9.59 Å². The Morgan fingerprint density at radius 1 is 0.781 bits per heavy atom. The van der Waals surface area contributed by atoms with E-state index in [4.69, 9.17) is 9.47 Å². The van der Waals surface area contributed by atoms with Gasteiger partial charge >= 0.3 is 12.1 Å². The summed E-state index contributed by atoms with van der Waals surface area (Å²) in [5, 5.41) is 9.18. The molecule has 2 rings (SSSR count). The molecule has 2 aromatic rings. The second kappa shape index (κ2) is 14.3. The molecule has 0 atom stereocenters. The fraction of sp³-hybridized carbons (Fsp3) is 0.481. The summed E-state index contributed by atoms with van der Waals surface area (Å²) < 4.78 is 10.0. The maximum atomic E-state index is 12.3. The molecular weight excluding hydrogens is 404 g/mol. The molecule has 0 saturated carbocycles. The SMILES string of the molecule is CCCCCCCCCCCCc1c(OC(=O)O)cccc1-c1ccccc1C(=O)OC. The zero-order valence-corrected chi connectivity index (χ0v) is 19.4. The Hall–Kier alpha value is -2.82. The van der Waals surface area contributed by atoms with Gasteiger partial charge in [-0.3, -0.25) is 0 Å². The highest BCUT2D eigenvalue weighted by Gasteiger charge is 2.18. The van der Waals surface area contributed by atoms with Gasteiger partial charge in [-0.05, 0) is 36.1 Å². The van der Waals surface area contributed by atoms with Gasteiger partial charge in [-0.15, -0.1) is 0 Å². The van der Waals surface area contributed by atoms with Crippen molar-refractivity contribution in [3.8, 4) is 16.9 Å². The van der Waals surface area contributed by atoms with E-state index in [-0.39, 0.29) is 0 Å². The number of hydrogen-bond donors (Lipinski definition) is 1. The number of benzene rings is 2. The van der Waals surface area contributed by atoms with Crippen LogP contribution in [0.3, 0.4) is 0 Å². The third-order valence-electron chi connectivity index (χ3n) is 5.73. The molecule has 0 aromatic heterocycles. The number of methoxy groups -OCH3 is 1. The summed E-state index contributed by atoms with van der Waals surface area (Å²) in [6.07, 6.45) is 11.6. The van der Waals surface area contributed by atoms with Crippen LogP contribution in [0, 0.1) is 0 Å². The van der Waals surface area contributed by atoms with Gasteiger partial charge in [-0.1, -0.05) is 95.0 Å². The number of unbranched alkanes of at least 4 members (excludes halogenated alkanes) is 9. The molecule has 0 heterocycles. The van der Waals surface area contributed by atoms with Crippen molar-refractivity contribution in [3.63, 3.8) is 0 Å². The van der Waals surface area contributed by atoms with Crippen LogP contribution in [0.15, 0.2) is 42.5 Å². The molecule has 0 radical (unpaired) electrons. The van der Waals surface area contributed by atoms with Gasteiger partial charge in [0.1, 0.15) is 5.75 Å². The van der Waals surface area contributed by atoms with Gasteiger partial charge in [0.2, 0.25) is 0 Å². The maximum Gasteiger partial charge on any atom is 0.511 e. The normalized spacial score (nSPS) is 10.7. The quantitative estimate of drug-likeness (QED) is 0.185. The number of carbonyl (C=O) groups excluding carboxylic acids is 1. The van der Waals surface area contributed by atoms with Crippen molar-refractivity contribution < 1.29 is 24.2 Å². The van der Waals surface area contributed by atoms with Crippen LogP contribution in [-0.2, 0) is 11.2 Å². The van der Waals surface area contributed by atoms with E-state index in [9.17, 15) is 14.7 Å². The molecule has 0 unspecified atom stereocenters. The summed E-state index contributed by atoms with van der Waals surface area (Å²) in [4.78, 5) is 23.5. The van der Waals surface area contributed by atoms with E-state index in [1.807, 2.05) is 18.2 Å². The third kappa shape index (κ3) is 8.03. The molecule has 2 aromatic carbocycles. The van der Waals surface area contributed by atoms with E-state index < -0.39 is 12.1 Å². The predicted octanol–water partition coefficient (Wildman–Crippen LogP) is 7.66. The average molecular weight is 441 g/mol. The lowest BCUT2D eigenvalue weighted by Gasteiger charge is -2.16. The lowest BCUT2D eigenvalue weighted by molar-refractivity contribution is 0.0601. The first-order chi connectivity index (χ1) is 15.6. The summed E-state index contributed by atoms with van der Waals surface area (Å²) in [5.74, 6) is -0.0966. The molecule has 174 valence electrons. The van der Waals surface area contributed by atoms with E-state index in [2.05, 4.69) is 6.92 Å². The molecule has 5 nitrogen and oxygen atoms in total. The monoisotopic (exact) mass is 440 g/mol. The number of esters is 1. The molecule has 32 heavy (non-hydrogen) atoms. The average Bonchev–Trinajstić information content (AvgIpc) is 2.80. The molecular formula is C27H36O5. The topological polar surface area (TPSA) is 72.8 Å². The van der Waals surface area contributed by atoms with Crippen molar-refractivity contribution >= 4 is 12.1 Å². The van der Waals surface area contributed by atoms with Crippen LogP contribution in [0.5, 0.6) is 5.75 Å². The summed E-state index contributed by atoms with van der Waals surface area (Å²) in [5.41, 5.74) is 2.79. The summed E-state index contributed by atoms with van der Waals surface area (Å²) >= 11 is 0. The van der Waals surface area contributed by atoms with Crippen molar-refractivity contribution in [1.82, 2.24) is 0 Å². The summed E-state index contributed by atoms with van der Waals surface area (Å²) in [6, 6.07) is 12.5. The van der Waals surface area contributed by atoms with Gasteiger partial charge in [0.25, 0.3) is 0 Å². The van der Waals surface area contributed by atoms with Crippen LogP contribution in [0.4, 0.5) is 4.79 Å². The first-order valence-electron chi connectivity index (χ1n) is 11.8. The first kappa shape index (κ1) is 25.4. The second-order valence-electron chi connectivity index (χ2n) is 8.12. The first-order valence-corrected chi connectivity index (χ1v) is 11.8. The molecule has 0 amide bonds. The van der Waals surface area contributed by atoms with Crippen LogP contribution in [0.2, 0.25) is 0 Å². The molecule has 0 saturated heterocycles. The van der Waals surface area contributed by atoms with Crippen molar-refractivity contribution in [3.05, 3.63) is 53.6 Å². The molecule has 0 spiro atoms. The molecule has 1 N–H and O–H groups in total. The predicted molar refractivity (Wildman–Crippen MR) is 127 cm³/mol. The third-order valence-corrected chi connectivity index (χ3v) is 5.73. The van der Waals surface area contributed by atoms with E-state index in [1.54, 1.807) is 24.3 Å². The lowest BCUT2D eigenvalue weighted by atomic mass is 9.92. The number of hydrogen-bond acceptors (Lipinski definition) is 4. The fourth-order valence-corrected chi connectivity index (χ4v) is 4.06. The van der Waals surface area contributed by atoms with Crippen molar-refractivity contribution in [1.29, 1.82) is 0 Å². The molecule has 0 bridgehead atoms. The number of carboxylic acid groups (broad SMARTS) is 1. The minimum atomic E-state index is -1.34. The van der Waals surface area contributed by atoms with Crippen LogP contribution < -0.4 is 4.74 Å². The van der Waals surface area contributed by atoms with Gasteiger partial charge < -0.3 is 14.6 Å². The van der Waals surface area contributed by atoms with Gasteiger partial charge in [0.15, 0.2) is 0 Å². The van der Waals surface area contributed by atoms with Crippen LogP contribution in [0.25, 0.3) is 11.1 Å². The molecule has 0 aliphatic heterocycles. The Morgan fingerprint density at radius 2 is 1.38 bits per heavy atom. The smallest absolute Gasteiger partial charge is 0.465 e. The molecule has 0 aliphatic carbocycles. The Kier molecular flexibility index (Phi) is 11.4. The van der Waals surface area contributed by atoms with E-state index in [0.717, 1.165) is 29.5 Å².